The number of benzene rings is 1. The summed E-state index contributed by atoms with van der Waals surface area (Å²) in [4.78, 5) is 17.4. The number of fused-ring (bicyclic) bond motifs is 1. The molecule has 1 aliphatic heterocycles. The second-order valence-electron chi connectivity index (χ2n) is 5.76. The van der Waals surface area contributed by atoms with Crippen molar-refractivity contribution >= 4 is 11.0 Å². The van der Waals surface area contributed by atoms with E-state index in [1.54, 1.807) is 0 Å². The van der Waals surface area contributed by atoms with Crippen LogP contribution >= 0.6 is 0 Å². The zero-order chi connectivity index (χ0) is 13.4. The molecule has 0 saturated carbocycles. The number of aromatic amines is 1. The number of aryl methyl sites for hydroxylation is 1. The van der Waals surface area contributed by atoms with Gasteiger partial charge in [-0.2, -0.15) is 0 Å². The number of hydrogen-bond acceptors (Lipinski definition) is 2. The van der Waals surface area contributed by atoms with E-state index in [1.165, 1.54) is 18.4 Å². The molecular formula is C15H21N3O. The highest BCUT2D eigenvalue weighted by molar-refractivity contribution is 5.78. The minimum atomic E-state index is 0.0308. The van der Waals surface area contributed by atoms with E-state index in [1.807, 2.05) is 16.7 Å². The van der Waals surface area contributed by atoms with Gasteiger partial charge in [-0.15, -0.1) is 0 Å². The Bertz CT molecular complexity index is 632. The van der Waals surface area contributed by atoms with Crippen LogP contribution in [-0.2, 0) is 6.54 Å². The summed E-state index contributed by atoms with van der Waals surface area (Å²) >= 11 is 0. The molecule has 1 N–H and O–H groups in total. The quantitative estimate of drug-likeness (QED) is 0.896. The normalized spacial score (nSPS) is 18.2. The third-order valence-corrected chi connectivity index (χ3v) is 4.27. The largest absolute Gasteiger partial charge is 0.326 e. The Hall–Kier alpha value is -1.55. The lowest BCUT2D eigenvalue weighted by atomic mass is 9.97. The second kappa shape index (κ2) is 4.85. The van der Waals surface area contributed by atoms with Crippen molar-refractivity contribution in [3.63, 3.8) is 0 Å². The van der Waals surface area contributed by atoms with E-state index in [0.29, 0.717) is 5.92 Å². The third-order valence-electron chi connectivity index (χ3n) is 4.27. The van der Waals surface area contributed by atoms with Gasteiger partial charge in [0.05, 0.1) is 11.0 Å². The molecular weight excluding hydrogens is 238 g/mol. The summed E-state index contributed by atoms with van der Waals surface area (Å²) < 4.78 is 1.93. The first kappa shape index (κ1) is 12.5. The summed E-state index contributed by atoms with van der Waals surface area (Å²) in [6.45, 7) is 5.19. The SMILES string of the molecule is Cc1cccc2[nH]c(=O)n(CC3CCN(C)CC3)c12. The Morgan fingerprint density at radius 2 is 2.05 bits per heavy atom. The van der Waals surface area contributed by atoms with Crippen LogP contribution in [0.5, 0.6) is 0 Å². The average molecular weight is 259 g/mol. The molecule has 0 radical (unpaired) electrons. The highest BCUT2D eigenvalue weighted by atomic mass is 16.1. The lowest BCUT2D eigenvalue weighted by molar-refractivity contribution is 0.205. The topological polar surface area (TPSA) is 41.0 Å². The maximum atomic E-state index is 12.1. The maximum absolute atomic E-state index is 12.1. The fourth-order valence-corrected chi connectivity index (χ4v) is 3.08. The summed E-state index contributed by atoms with van der Waals surface area (Å²) in [5.74, 6) is 0.618. The van der Waals surface area contributed by atoms with Crippen molar-refractivity contribution in [1.29, 1.82) is 0 Å². The predicted molar refractivity (Wildman–Crippen MR) is 77.5 cm³/mol. The minimum absolute atomic E-state index is 0.0308. The first-order valence-corrected chi connectivity index (χ1v) is 7.02. The van der Waals surface area contributed by atoms with E-state index in [9.17, 15) is 4.79 Å². The second-order valence-corrected chi connectivity index (χ2v) is 5.76. The summed E-state index contributed by atoms with van der Waals surface area (Å²) in [5.41, 5.74) is 3.23. The van der Waals surface area contributed by atoms with Crippen LogP contribution in [0.4, 0.5) is 0 Å². The average Bonchev–Trinajstić information content (AvgIpc) is 2.70. The molecule has 4 heteroatoms. The number of rotatable bonds is 2. The number of aromatic nitrogens is 2. The molecule has 4 nitrogen and oxygen atoms in total. The third kappa shape index (κ3) is 2.32. The van der Waals surface area contributed by atoms with Crippen molar-refractivity contribution in [1.82, 2.24) is 14.5 Å². The van der Waals surface area contributed by atoms with E-state index in [4.69, 9.17) is 0 Å². The zero-order valence-corrected chi connectivity index (χ0v) is 11.6. The fraction of sp³-hybridized carbons (Fsp3) is 0.533. The van der Waals surface area contributed by atoms with Gasteiger partial charge < -0.3 is 9.88 Å². The van der Waals surface area contributed by atoms with Gasteiger partial charge in [-0.3, -0.25) is 4.57 Å². The number of nitrogens with one attached hydrogen (secondary N) is 1. The Kier molecular flexibility index (Phi) is 3.19. The minimum Gasteiger partial charge on any atom is -0.306 e. The predicted octanol–water partition coefficient (Wildman–Crippen LogP) is 1.98. The molecule has 0 spiro atoms. The molecule has 19 heavy (non-hydrogen) atoms. The van der Waals surface area contributed by atoms with Crippen LogP contribution < -0.4 is 5.69 Å². The molecule has 3 rings (SSSR count). The van der Waals surface area contributed by atoms with Crippen molar-refractivity contribution in [2.45, 2.75) is 26.3 Å². The van der Waals surface area contributed by atoms with Gasteiger partial charge in [0.1, 0.15) is 0 Å². The van der Waals surface area contributed by atoms with E-state index < -0.39 is 0 Å². The number of likely N-dealkylation sites (tertiary alicyclic amines) is 1. The van der Waals surface area contributed by atoms with Crippen LogP contribution in [0.15, 0.2) is 23.0 Å². The zero-order valence-electron chi connectivity index (χ0n) is 11.6. The lowest BCUT2D eigenvalue weighted by Gasteiger charge is -2.29. The van der Waals surface area contributed by atoms with Gasteiger partial charge in [0.15, 0.2) is 0 Å². The number of H-pyrrole nitrogens is 1. The van der Waals surface area contributed by atoms with Crippen molar-refractivity contribution in [3.05, 3.63) is 34.2 Å². The summed E-state index contributed by atoms with van der Waals surface area (Å²) in [6, 6.07) is 6.04. The van der Waals surface area contributed by atoms with E-state index >= 15 is 0 Å². The van der Waals surface area contributed by atoms with Crippen LogP contribution in [-0.4, -0.2) is 34.6 Å². The Labute approximate surface area is 113 Å². The van der Waals surface area contributed by atoms with E-state index in [2.05, 4.69) is 29.9 Å². The summed E-state index contributed by atoms with van der Waals surface area (Å²) in [6.07, 6.45) is 2.36. The first-order valence-electron chi connectivity index (χ1n) is 7.02. The Morgan fingerprint density at radius 1 is 1.32 bits per heavy atom. The van der Waals surface area contributed by atoms with Crippen LogP contribution in [0.2, 0.25) is 0 Å². The van der Waals surface area contributed by atoms with Gasteiger partial charge in [-0.25, -0.2) is 4.79 Å². The molecule has 0 aliphatic carbocycles. The molecule has 0 bridgehead atoms. The van der Waals surface area contributed by atoms with Crippen molar-refractivity contribution < 1.29 is 0 Å². The molecule has 102 valence electrons. The van der Waals surface area contributed by atoms with E-state index in [0.717, 1.165) is 30.7 Å². The molecule has 2 heterocycles. The van der Waals surface area contributed by atoms with E-state index in [-0.39, 0.29) is 5.69 Å². The number of nitrogens with zero attached hydrogens (tertiary/aromatic N) is 2. The monoisotopic (exact) mass is 259 g/mol. The molecule has 0 atom stereocenters. The summed E-state index contributed by atoms with van der Waals surface area (Å²) in [7, 11) is 2.16. The van der Waals surface area contributed by atoms with Crippen LogP contribution in [0.1, 0.15) is 18.4 Å². The molecule has 0 amide bonds. The lowest BCUT2D eigenvalue weighted by Crippen LogP contribution is -2.33. The van der Waals surface area contributed by atoms with Crippen molar-refractivity contribution in [2.75, 3.05) is 20.1 Å². The van der Waals surface area contributed by atoms with Gasteiger partial charge in [0, 0.05) is 6.54 Å². The maximum Gasteiger partial charge on any atom is 0.326 e. The summed E-state index contributed by atoms with van der Waals surface area (Å²) in [5, 5.41) is 0. The van der Waals surface area contributed by atoms with Gasteiger partial charge in [-0.1, -0.05) is 12.1 Å². The van der Waals surface area contributed by atoms with Crippen LogP contribution in [0, 0.1) is 12.8 Å². The highest BCUT2D eigenvalue weighted by Gasteiger charge is 2.19. The number of para-hydroxylation sites is 1. The molecule has 1 saturated heterocycles. The van der Waals surface area contributed by atoms with Crippen molar-refractivity contribution in [2.24, 2.45) is 5.92 Å². The van der Waals surface area contributed by atoms with Gasteiger partial charge in [0.2, 0.25) is 0 Å². The number of piperidine rings is 1. The molecule has 1 aromatic heterocycles. The van der Waals surface area contributed by atoms with Crippen molar-refractivity contribution in [3.8, 4) is 0 Å². The highest BCUT2D eigenvalue weighted by Crippen LogP contribution is 2.21. The molecule has 1 aromatic carbocycles. The Balaban J connectivity index is 1.92. The van der Waals surface area contributed by atoms with Gasteiger partial charge >= 0.3 is 5.69 Å². The molecule has 2 aromatic rings. The number of imidazole rings is 1. The fourth-order valence-electron chi connectivity index (χ4n) is 3.08. The van der Waals surface area contributed by atoms with Gasteiger partial charge in [0.25, 0.3) is 0 Å². The first-order chi connectivity index (χ1) is 9.15. The standard InChI is InChI=1S/C15H21N3O/c1-11-4-3-5-13-14(11)18(15(19)16-13)10-12-6-8-17(2)9-7-12/h3-5,12H,6-10H2,1-2H3,(H,16,19). The Morgan fingerprint density at radius 3 is 2.79 bits per heavy atom. The molecule has 1 aliphatic rings. The van der Waals surface area contributed by atoms with Crippen LogP contribution in [0.3, 0.4) is 0 Å². The number of hydrogen-bond donors (Lipinski definition) is 1. The molecule has 0 unspecified atom stereocenters. The van der Waals surface area contributed by atoms with Gasteiger partial charge in [-0.05, 0) is 57.5 Å². The molecule has 1 fully saturated rings. The smallest absolute Gasteiger partial charge is 0.306 e. The van der Waals surface area contributed by atoms with Crippen LogP contribution in [0.25, 0.3) is 11.0 Å².